The third kappa shape index (κ3) is 1.91. The summed E-state index contributed by atoms with van der Waals surface area (Å²) in [6.07, 6.45) is 2.14. The summed E-state index contributed by atoms with van der Waals surface area (Å²) in [7, 11) is 0. The molecule has 96 valence electrons. The van der Waals surface area contributed by atoms with Gasteiger partial charge in [-0.15, -0.1) is 0 Å². The Morgan fingerprint density at radius 1 is 1.56 bits per heavy atom. The molecule has 0 radical (unpaired) electrons. The molecule has 0 amide bonds. The number of nitrogens with zero attached hydrogens (tertiary/aromatic N) is 5. The summed E-state index contributed by atoms with van der Waals surface area (Å²) in [6, 6.07) is 1.79. The second-order valence-electron chi connectivity index (χ2n) is 4.64. The zero-order chi connectivity index (χ0) is 12.7. The van der Waals surface area contributed by atoms with Crippen molar-refractivity contribution in [3.05, 3.63) is 17.5 Å². The molecule has 1 fully saturated rings. The van der Waals surface area contributed by atoms with Gasteiger partial charge in [-0.05, 0) is 13.3 Å². The van der Waals surface area contributed by atoms with Crippen LogP contribution in [0.3, 0.4) is 0 Å². The van der Waals surface area contributed by atoms with E-state index in [4.69, 9.17) is 11.6 Å². The topological polar surface area (TPSA) is 66.5 Å². The number of anilines is 1. The summed E-state index contributed by atoms with van der Waals surface area (Å²) in [5, 5.41) is 14.2. The average molecular weight is 268 g/mol. The molecule has 18 heavy (non-hydrogen) atoms. The fraction of sp³-hybridized carbons (Fsp3) is 0.545. The standard InChI is InChI=1S/C11H14ClN5O/c1-7(18)8-2-3-16(5-8)10-4-9(12)15-11-13-6-14-17(10)11/h4,6-8,18H,2-3,5H2,1H3. The van der Waals surface area contributed by atoms with Gasteiger partial charge in [0.1, 0.15) is 17.3 Å². The van der Waals surface area contributed by atoms with E-state index in [9.17, 15) is 5.11 Å². The Bertz CT molecular complexity index is 570. The molecule has 2 atom stereocenters. The molecule has 0 spiro atoms. The Morgan fingerprint density at radius 3 is 3.11 bits per heavy atom. The van der Waals surface area contributed by atoms with E-state index in [0.29, 0.717) is 10.9 Å². The van der Waals surface area contributed by atoms with Crippen LogP contribution in [0.25, 0.3) is 5.78 Å². The van der Waals surface area contributed by atoms with Gasteiger partial charge in [-0.1, -0.05) is 11.6 Å². The van der Waals surface area contributed by atoms with E-state index in [1.807, 2.05) is 6.92 Å². The van der Waals surface area contributed by atoms with Gasteiger partial charge in [0, 0.05) is 25.1 Å². The Hall–Kier alpha value is -1.40. The molecule has 7 heteroatoms. The first-order chi connectivity index (χ1) is 8.65. The van der Waals surface area contributed by atoms with Crippen LogP contribution < -0.4 is 4.90 Å². The number of rotatable bonds is 2. The van der Waals surface area contributed by atoms with E-state index in [1.54, 1.807) is 10.6 Å². The monoisotopic (exact) mass is 267 g/mol. The third-order valence-corrected chi connectivity index (χ3v) is 3.63. The maximum Gasteiger partial charge on any atom is 0.255 e. The first-order valence-electron chi connectivity index (χ1n) is 5.94. The summed E-state index contributed by atoms with van der Waals surface area (Å²) in [6.45, 7) is 3.51. The molecule has 3 rings (SSSR count). The predicted molar refractivity (Wildman–Crippen MR) is 67.8 cm³/mol. The Morgan fingerprint density at radius 2 is 2.39 bits per heavy atom. The summed E-state index contributed by atoms with van der Waals surface area (Å²) in [5.41, 5.74) is 0. The van der Waals surface area contributed by atoms with Crippen LogP contribution in [0.5, 0.6) is 0 Å². The van der Waals surface area contributed by atoms with Crippen molar-refractivity contribution in [1.82, 2.24) is 19.6 Å². The Kier molecular flexibility index (Phi) is 2.83. The van der Waals surface area contributed by atoms with Crippen molar-refractivity contribution in [1.29, 1.82) is 0 Å². The number of halogens is 1. The van der Waals surface area contributed by atoms with E-state index in [-0.39, 0.29) is 12.0 Å². The van der Waals surface area contributed by atoms with Crippen molar-refractivity contribution in [2.45, 2.75) is 19.4 Å². The number of hydrogen-bond donors (Lipinski definition) is 1. The van der Waals surface area contributed by atoms with Crippen molar-refractivity contribution in [3.63, 3.8) is 0 Å². The number of aliphatic hydroxyl groups is 1. The molecular formula is C11H14ClN5O. The van der Waals surface area contributed by atoms with E-state index < -0.39 is 0 Å². The van der Waals surface area contributed by atoms with Crippen LogP contribution in [0.1, 0.15) is 13.3 Å². The van der Waals surface area contributed by atoms with Crippen molar-refractivity contribution in [2.75, 3.05) is 18.0 Å². The first kappa shape index (κ1) is 11.7. The molecule has 3 heterocycles. The molecule has 2 aromatic rings. The first-order valence-corrected chi connectivity index (χ1v) is 6.32. The summed E-state index contributed by atoms with van der Waals surface area (Å²) >= 11 is 5.99. The zero-order valence-electron chi connectivity index (χ0n) is 9.99. The molecule has 1 aliphatic heterocycles. The fourth-order valence-electron chi connectivity index (χ4n) is 2.38. The van der Waals surface area contributed by atoms with Gasteiger partial charge in [0.2, 0.25) is 0 Å². The predicted octanol–water partition coefficient (Wildman–Crippen LogP) is 0.985. The molecule has 2 unspecified atom stereocenters. The van der Waals surface area contributed by atoms with Crippen LogP contribution in [-0.2, 0) is 0 Å². The van der Waals surface area contributed by atoms with E-state index in [1.165, 1.54) is 6.33 Å². The van der Waals surface area contributed by atoms with E-state index in [0.717, 1.165) is 25.3 Å². The molecule has 2 aromatic heterocycles. The largest absolute Gasteiger partial charge is 0.393 e. The van der Waals surface area contributed by atoms with Crippen LogP contribution in [-0.4, -0.2) is 43.9 Å². The van der Waals surface area contributed by atoms with Gasteiger partial charge in [0.05, 0.1) is 6.10 Å². The number of hydrogen-bond acceptors (Lipinski definition) is 5. The van der Waals surface area contributed by atoms with Gasteiger partial charge in [-0.25, -0.2) is 0 Å². The normalized spacial score (nSPS) is 21.7. The van der Waals surface area contributed by atoms with Crippen LogP contribution >= 0.6 is 11.6 Å². The minimum absolute atomic E-state index is 0.288. The Labute approximate surface area is 109 Å². The number of fused-ring (bicyclic) bond motifs is 1. The highest BCUT2D eigenvalue weighted by Crippen LogP contribution is 2.27. The summed E-state index contributed by atoms with van der Waals surface area (Å²) in [5.74, 6) is 1.67. The highest BCUT2D eigenvalue weighted by Gasteiger charge is 2.28. The SMILES string of the molecule is CC(O)C1CCN(c2cc(Cl)nc3ncnn23)C1. The van der Waals surface area contributed by atoms with Gasteiger partial charge in [0.15, 0.2) is 0 Å². The molecule has 0 saturated carbocycles. The van der Waals surface area contributed by atoms with Gasteiger partial charge in [-0.2, -0.15) is 19.6 Å². The minimum atomic E-state index is -0.293. The summed E-state index contributed by atoms with van der Waals surface area (Å²) in [4.78, 5) is 10.3. The van der Waals surface area contributed by atoms with Gasteiger partial charge < -0.3 is 10.0 Å². The van der Waals surface area contributed by atoms with E-state index >= 15 is 0 Å². The highest BCUT2D eigenvalue weighted by atomic mass is 35.5. The maximum absolute atomic E-state index is 9.64. The lowest BCUT2D eigenvalue weighted by molar-refractivity contribution is 0.136. The molecular weight excluding hydrogens is 254 g/mol. The van der Waals surface area contributed by atoms with E-state index in [2.05, 4.69) is 20.0 Å². The lowest BCUT2D eigenvalue weighted by Gasteiger charge is -2.20. The van der Waals surface area contributed by atoms with Crippen LogP contribution in [0.15, 0.2) is 12.4 Å². The van der Waals surface area contributed by atoms with Crippen LogP contribution in [0, 0.1) is 5.92 Å². The smallest absolute Gasteiger partial charge is 0.255 e. The molecule has 1 saturated heterocycles. The van der Waals surface area contributed by atoms with Crippen molar-refractivity contribution in [3.8, 4) is 0 Å². The van der Waals surface area contributed by atoms with Gasteiger partial charge in [-0.3, -0.25) is 0 Å². The fourth-order valence-corrected chi connectivity index (χ4v) is 2.56. The third-order valence-electron chi connectivity index (χ3n) is 3.43. The number of aromatic nitrogens is 4. The van der Waals surface area contributed by atoms with Crippen molar-refractivity contribution in [2.24, 2.45) is 5.92 Å². The highest BCUT2D eigenvalue weighted by molar-refractivity contribution is 6.29. The average Bonchev–Trinajstić information content (AvgIpc) is 2.95. The molecule has 1 N–H and O–H groups in total. The summed E-state index contributed by atoms with van der Waals surface area (Å²) < 4.78 is 1.68. The van der Waals surface area contributed by atoms with Crippen LogP contribution in [0.2, 0.25) is 5.15 Å². The minimum Gasteiger partial charge on any atom is -0.393 e. The molecule has 0 aromatic carbocycles. The lowest BCUT2D eigenvalue weighted by Crippen LogP contribution is -2.25. The second-order valence-corrected chi connectivity index (χ2v) is 5.03. The molecule has 6 nitrogen and oxygen atoms in total. The Balaban J connectivity index is 1.97. The van der Waals surface area contributed by atoms with Crippen molar-refractivity contribution < 1.29 is 5.11 Å². The number of aliphatic hydroxyl groups excluding tert-OH is 1. The van der Waals surface area contributed by atoms with Crippen molar-refractivity contribution >= 4 is 23.2 Å². The zero-order valence-corrected chi connectivity index (χ0v) is 10.7. The molecule has 1 aliphatic rings. The second kappa shape index (κ2) is 4.37. The van der Waals surface area contributed by atoms with Gasteiger partial charge >= 0.3 is 0 Å². The molecule has 0 aliphatic carbocycles. The van der Waals surface area contributed by atoms with Crippen LogP contribution in [0.4, 0.5) is 5.82 Å². The molecule has 0 bridgehead atoms. The van der Waals surface area contributed by atoms with Gasteiger partial charge in [0.25, 0.3) is 5.78 Å². The lowest BCUT2D eigenvalue weighted by atomic mass is 10.0. The quantitative estimate of drug-likeness (QED) is 0.822. The maximum atomic E-state index is 9.64.